The van der Waals surface area contributed by atoms with Crippen molar-refractivity contribution in [3.63, 3.8) is 0 Å². The van der Waals surface area contributed by atoms with Crippen LogP contribution in [0.2, 0.25) is 0 Å². The average molecular weight is 182 g/mol. The van der Waals surface area contributed by atoms with E-state index < -0.39 is 0 Å². The van der Waals surface area contributed by atoms with Crippen LogP contribution in [0.1, 0.15) is 27.7 Å². The minimum atomic E-state index is -0.112. The first-order chi connectivity index (χ1) is 5.82. The molecule has 1 heterocycles. The number of nitrogens with one attached hydrogen (secondary N) is 1. The molecule has 0 spiro atoms. The van der Waals surface area contributed by atoms with Crippen LogP contribution in [0.15, 0.2) is 12.3 Å². The van der Waals surface area contributed by atoms with Gasteiger partial charge in [-0.05, 0) is 20.8 Å². The topological polar surface area (TPSA) is 32.3 Å². The molecule has 13 heavy (non-hydrogen) atoms. The zero-order valence-electron chi connectivity index (χ0n) is 8.85. The van der Waals surface area contributed by atoms with Crippen LogP contribution < -0.4 is 5.32 Å². The fraction of sp³-hybridized carbons (Fsp3) is 0.700. The maximum absolute atomic E-state index is 11.6. The van der Waals surface area contributed by atoms with E-state index in [4.69, 9.17) is 0 Å². The molecule has 3 nitrogen and oxygen atoms in total. The van der Waals surface area contributed by atoms with Gasteiger partial charge in [0.15, 0.2) is 0 Å². The third-order valence-electron chi connectivity index (χ3n) is 2.37. The summed E-state index contributed by atoms with van der Waals surface area (Å²) in [5.74, 6) is 0.330. The SMILES string of the molecule is C=C1NC(=O)N(C(C)(C)C)CC1C. The van der Waals surface area contributed by atoms with Crippen molar-refractivity contribution in [1.82, 2.24) is 10.2 Å². The van der Waals surface area contributed by atoms with Crippen LogP contribution in [0.25, 0.3) is 0 Å². The molecule has 3 heteroatoms. The lowest BCUT2D eigenvalue weighted by molar-refractivity contribution is 0.125. The number of rotatable bonds is 0. The zero-order valence-corrected chi connectivity index (χ0v) is 8.85. The first-order valence-electron chi connectivity index (χ1n) is 4.60. The molecule has 1 aliphatic rings. The molecule has 1 saturated heterocycles. The van der Waals surface area contributed by atoms with Gasteiger partial charge in [-0.25, -0.2) is 4.79 Å². The Bertz CT molecular complexity index is 240. The predicted molar refractivity (Wildman–Crippen MR) is 53.3 cm³/mol. The Morgan fingerprint density at radius 1 is 1.54 bits per heavy atom. The van der Waals surface area contributed by atoms with E-state index in [0.29, 0.717) is 5.92 Å². The summed E-state index contributed by atoms with van der Waals surface area (Å²) in [6.07, 6.45) is 0. The number of hydrogen-bond donors (Lipinski definition) is 1. The smallest absolute Gasteiger partial charge is 0.319 e. The van der Waals surface area contributed by atoms with Gasteiger partial charge in [0, 0.05) is 23.7 Å². The van der Waals surface area contributed by atoms with Crippen molar-refractivity contribution in [2.75, 3.05) is 6.54 Å². The van der Waals surface area contributed by atoms with E-state index in [1.54, 1.807) is 0 Å². The van der Waals surface area contributed by atoms with E-state index in [-0.39, 0.29) is 11.6 Å². The van der Waals surface area contributed by atoms with Gasteiger partial charge < -0.3 is 10.2 Å². The number of amides is 2. The molecule has 0 saturated carbocycles. The zero-order chi connectivity index (χ0) is 10.2. The molecule has 1 N–H and O–H groups in total. The van der Waals surface area contributed by atoms with Crippen LogP contribution in [0, 0.1) is 5.92 Å². The van der Waals surface area contributed by atoms with Crippen LogP contribution >= 0.6 is 0 Å². The van der Waals surface area contributed by atoms with Gasteiger partial charge in [-0.15, -0.1) is 0 Å². The molecule has 2 amide bonds. The Balaban J connectivity index is 2.79. The van der Waals surface area contributed by atoms with E-state index in [9.17, 15) is 4.79 Å². The Morgan fingerprint density at radius 3 is 2.54 bits per heavy atom. The van der Waals surface area contributed by atoms with Gasteiger partial charge in [0.25, 0.3) is 0 Å². The Morgan fingerprint density at radius 2 is 2.08 bits per heavy atom. The summed E-state index contributed by atoms with van der Waals surface area (Å²) in [6, 6.07) is -0.0319. The van der Waals surface area contributed by atoms with Crippen LogP contribution in [-0.4, -0.2) is 23.0 Å². The third kappa shape index (κ3) is 2.02. The molecule has 1 unspecified atom stereocenters. The lowest BCUT2D eigenvalue weighted by atomic mass is 10.00. The van der Waals surface area contributed by atoms with Gasteiger partial charge in [0.05, 0.1) is 0 Å². The Labute approximate surface area is 79.8 Å². The van der Waals surface area contributed by atoms with E-state index >= 15 is 0 Å². The quantitative estimate of drug-likeness (QED) is 0.610. The number of hydrogen-bond acceptors (Lipinski definition) is 1. The van der Waals surface area contributed by atoms with Crippen LogP contribution in [0.4, 0.5) is 4.79 Å². The molecule has 0 aromatic carbocycles. The number of urea groups is 1. The van der Waals surface area contributed by atoms with Gasteiger partial charge in [-0.2, -0.15) is 0 Å². The summed E-state index contributed by atoms with van der Waals surface area (Å²) in [6.45, 7) is 12.7. The molecule has 0 bridgehead atoms. The maximum Gasteiger partial charge on any atom is 0.322 e. The van der Waals surface area contributed by atoms with Gasteiger partial charge in [-0.3, -0.25) is 0 Å². The van der Waals surface area contributed by atoms with Gasteiger partial charge in [0.1, 0.15) is 0 Å². The summed E-state index contributed by atoms with van der Waals surface area (Å²) < 4.78 is 0. The third-order valence-corrected chi connectivity index (χ3v) is 2.37. The lowest BCUT2D eigenvalue weighted by Crippen LogP contribution is -2.56. The molecule has 0 aromatic heterocycles. The van der Waals surface area contributed by atoms with E-state index in [0.717, 1.165) is 12.2 Å². The van der Waals surface area contributed by atoms with E-state index in [1.807, 2.05) is 25.7 Å². The van der Waals surface area contributed by atoms with Gasteiger partial charge in [0.2, 0.25) is 0 Å². The highest BCUT2D eigenvalue weighted by molar-refractivity contribution is 5.78. The largest absolute Gasteiger partial charge is 0.322 e. The summed E-state index contributed by atoms with van der Waals surface area (Å²) >= 11 is 0. The highest BCUT2D eigenvalue weighted by Gasteiger charge is 2.32. The standard InChI is InChI=1S/C10H18N2O/c1-7-6-12(10(3,4)5)9(13)11-8(7)2/h7H,2,6H2,1,3-5H3,(H,11,13). The maximum atomic E-state index is 11.6. The van der Waals surface area contributed by atoms with Crippen LogP contribution in [0.3, 0.4) is 0 Å². The van der Waals surface area contributed by atoms with Crippen molar-refractivity contribution >= 4 is 6.03 Å². The highest BCUT2D eigenvalue weighted by Crippen LogP contribution is 2.22. The second-order valence-corrected chi connectivity index (χ2v) is 4.64. The van der Waals surface area contributed by atoms with Crippen molar-refractivity contribution in [2.45, 2.75) is 33.2 Å². The van der Waals surface area contributed by atoms with E-state index in [2.05, 4.69) is 18.8 Å². The second kappa shape index (κ2) is 3.05. The minimum absolute atomic E-state index is 0.0319. The summed E-state index contributed by atoms with van der Waals surface area (Å²) in [5, 5.41) is 2.78. The van der Waals surface area contributed by atoms with Crippen LogP contribution in [-0.2, 0) is 0 Å². The molecule has 1 rings (SSSR count). The molecule has 0 aliphatic carbocycles. The molecular weight excluding hydrogens is 164 g/mol. The average Bonchev–Trinajstić information content (AvgIpc) is 1.94. The molecular formula is C10H18N2O. The molecule has 0 radical (unpaired) electrons. The van der Waals surface area contributed by atoms with Crippen molar-refractivity contribution in [2.24, 2.45) is 5.92 Å². The highest BCUT2D eigenvalue weighted by atomic mass is 16.2. The first kappa shape index (κ1) is 10.1. The monoisotopic (exact) mass is 182 g/mol. The van der Waals surface area contributed by atoms with Crippen molar-refractivity contribution in [3.05, 3.63) is 12.3 Å². The normalized spacial score (nSPS) is 24.6. The first-order valence-corrected chi connectivity index (χ1v) is 4.60. The second-order valence-electron chi connectivity index (χ2n) is 4.64. The Kier molecular flexibility index (Phi) is 2.37. The summed E-state index contributed by atoms with van der Waals surface area (Å²) in [5.41, 5.74) is 0.712. The lowest BCUT2D eigenvalue weighted by Gasteiger charge is -2.41. The van der Waals surface area contributed by atoms with Crippen molar-refractivity contribution in [1.29, 1.82) is 0 Å². The van der Waals surface area contributed by atoms with Crippen molar-refractivity contribution < 1.29 is 4.79 Å². The fourth-order valence-electron chi connectivity index (χ4n) is 1.37. The Hall–Kier alpha value is -0.990. The minimum Gasteiger partial charge on any atom is -0.319 e. The van der Waals surface area contributed by atoms with Crippen LogP contribution in [0.5, 0.6) is 0 Å². The molecule has 1 aliphatic heterocycles. The van der Waals surface area contributed by atoms with E-state index in [1.165, 1.54) is 0 Å². The fourth-order valence-corrected chi connectivity index (χ4v) is 1.37. The number of carbonyl (C=O) groups excluding carboxylic acids is 1. The summed E-state index contributed by atoms with van der Waals surface area (Å²) in [7, 11) is 0. The molecule has 1 fully saturated rings. The molecule has 0 aromatic rings. The van der Waals surface area contributed by atoms with Gasteiger partial charge >= 0.3 is 6.03 Å². The predicted octanol–water partition coefficient (Wildman–Crippen LogP) is 1.96. The molecule has 74 valence electrons. The van der Waals surface area contributed by atoms with Crippen molar-refractivity contribution in [3.8, 4) is 0 Å². The van der Waals surface area contributed by atoms with Gasteiger partial charge in [-0.1, -0.05) is 13.5 Å². The number of nitrogens with zero attached hydrogens (tertiary/aromatic N) is 1. The number of carbonyl (C=O) groups is 1. The summed E-state index contributed by atoms with van der Waals surface area (Å²) in [4.78, 5) is 13.4. The molecule has 1 atom stereocenters.